The maximum Gasteiger partial charge on any atom is 0.328 e. The first kappa shape index (κ1) is 8.23. The van der Waals surface area contributed by atoms with Gasteiger partial charge in [-0.1, -0.05) is 0 Å². The van der Waals surface area contributed by atoms with Crippen LogP contribution in [0.15, 0.2) is 0 Å². The van der Waals surface area contributed by atoms with Gasteiger partial charge in [0.25, 0.3) is 0 Å². The van der Waals surface area contributed by atoms with Crippen LogP contribution in [-0.4, -0.2) is 23.7 Å². The molecule has 0 rings (SSSR count). The van der Waals surface area contributed by atoms with E-state index in [0.29, 0.717) is 0 Å². The highest BCUT2D eigenvalue weighted by atomic mass is 16.4. The van der Waals surface area contributed by atoms with Crippen LogP contribution in [0.2, 0.25) is 0 Å². The second kappa shape index (κ2) is 4.14. The van der Waals surface area contributed by atoms with Crippen molar-refractivity contribution in [3.8, 4) is 6.19 Å². The number of hydrogen-bond acceptors (Lipinski definition) is 3. The second-order valence-corrected chi connectivity index (χ2v) is 1.31. The van der Waals surface area contributed by atoms with E-state index in [-0.39, 0.29) is 0 Å². The molecule has 0 aliphatic rings. The van der Waals surface area contributed by atoms with Crippen LogP contribution in [0.4, 0.5) is 4.79 Å². The molecule has 0 saturated heterocycles. The van der Waals surface area contributed by atoms with E-state index in [1.165, 1.54) is 6.19 Å². The first-order chi connectivity index (χ1) is 4.66. The van der Waals surface area contributed by atoms with Gasteiger partial charge in [-0.05, 0) is 0 Å². The Morgan fingerprint density at radius 1 is 1.60 bits per heavy atom. The van der Waals surface area contributed by atoms with Crippen LogP contribution in [0.25, 0.3) is 0 Å². The first-order valence-corrected chi connectivity index (χ1v) is 2.31. The number of carbonyl (C=O) groups excluding carboxylic acids is 1. The Morgan fingerprint density at radius 3 is 2.60 bits per heavy atom. The number of nitrogens with zero attached hydrogens (tertiary/aromatic N) is 1. The van der Waals surface area contributed by atoms with E-state index in [1.54, 1.807) is 5.32 Å². The van der Waals surface area contributed by atoms with Crippen molar-refractivity contribution in [2.75, 3.05) is 6.54 Å². The van der Waals surface area contributed by atoms with Crippen LogP contribution in [-0.2, 0) is 4.79 Å². The van der Waals surface area contributed by atoms with Crippen LogP contribution < -0.4 is 10.6 Å². The minimum Gasteiger partial charge on any atom is -0.480 e. The van der Waals surface area contributed by atoms with Crippen molar-refractivity contribution in [2.45, 2.75) is 0 Å². The molecule has 0 saturated carbocycles. The topological polar surface area (TPSA) is 102 Å². The van der Waals surface area contributed by atoms with Gasteiger partial charge in [0.05, 0.1) is 0 Å². The molecule has 6 heteroatoms. The van der Waals surface area contributed by atoms with Gasteiger partial charge in [0.15, 0.2) is 6.19 Å². The van der Waals surface area contributed by atoms with E-state index in [4.69, 9.17) is 10.4 Å². The summed E-state index contributed by atoms with van der Waals surface area (Å²) in [4.78, 5) is 20.0. The van der Waals surface area contributed by atoms with Crippen LogP contribution in [0, 0.1) is 11.5 Å². The third kappa shape index (κ3) is 4.39. The molecule has 0 aromatic carbocycles. The third-order valence-electron chi connectivity index (χ3n) is 0.570. The van der Waals surface area contributed by atoms with Crippen molar-refractivity contribution in [3.05, 3.63) is 0 Å². The van der Waals surface area contributed by atoms with Gasteiger partial charge in [0.2, 0.25) is 0 Å². The summed E-state index contributed by atoms with van der Waals surface area (Å²) in [6, 6.07) is -0.815. The number of aliphatic carboxylic acids is 1. The van der Waals surface area contributed by atoms with Crippen LogP contribution in [0.3, 0.4) is 0 Å². The van der Waals surface area contributed by atoms with E-state index < -0.39 is 18.5 Å². The molecule has 0 aliphatic heterocycles. The van der Waals surface area contributed by atoms with Crippen LogP contribution >= 0.6 is 0 Å². The fourth-order valence-corrected chi connectivity index (χ4v) is 0.251. The number of nitrogens with one attached hydrogen (secondary N) is 2. The highest BCUT2D eigenvalue weighted by molar-refractivity contribution is 5.80. The number of urea groups is 1. The molecule has 0 fully saturated rings. The Hall–Kier alpha value is -1.77. The predicted molar refractivity (Wildman–Crippen MR) is 29.8 cm³/mol. The summed E-state index contributed by atoms with van der Waals surface area (Å²) < 4.78 is 0. The van der Waals surface area contributed by atoms with Crippen LogP contribution in [0.5, 0.6) is 0 Å². The minimum absolute atomic E-state index is 0.493. The van der Waals surface area contributed by atoms with E-state index in [1.807, 2.05) is 5.32 Å². The van der Waals surface area contributed by atoms with Gasteiger partial charge in [-0.25, -0.2) is 10.1 Å². The molecule has 0 atom stereocenters. The Labute approximate surface area is 56.4 Å². The number of carbonyl (C=O) groups is 2. The molecule has 6 nitrogen and oxygen atoms in total. The number of amides is 2. The van der Waals surface area contributed by atoms with Gasteiger partial charge in [-0.15, -0.1) is 0 Å². The van der Waals surface area contributed by atoms with Gasteiger partial charge >= 0.3 is 12.0 Å². The summed E-state index contributed by atoms with van der Waals surface area (Å²) in [5.41, 5.74) is 0. The molecule has 0 aliphatic carbocycles. The Morgan fingerprint density at radius 2 is 2.20 bits per heavy atom. The molecule has 0 aromatic heterocycles. The maximum absolute atomic E-state index is 10.2. The third-order valence-corrected chi connectivity index (χ3v) is 0.570. The molecule has 10 heavy (non-hydrogen) atoms. The van der Waals surface area contributed by atoms with Crippen molar-refractivity contribution in [3.63, 3.8) is 0 Å². The molecule has 0 heterocycles. The van der Waals surface area contributed by atoms with Crippen molar-refractivity contribution in [1.82, 2.24) is 10.6 Å². The van der Waals surface area contributed by atoms with Crippen molar-refractivity contribution in [1.29, 1.82) is 5.26 Å². The zero-order chi connectivity index (χ0) is 7.98. The van der Waals surface area contributed by atoms with Gasteiger partial charge < -0.3 is 10.4 Å². The van der Waals surface area contributed by atoms with Crippen LogP contribution in [0.1, 0.15) is 0 Å². The highest BCUT2D eigenvalue weighted by Gasteiger charge is 1.99. The first-order valence-electron chi connectivity index (χ1n) is 2.31. The molecular formula is C4H5N3O3. The lowest BCUT2D eigenvalue weighted by atomic mass is 10.6. The maximum atomic E-state index is 10.2. The number of nitriles is 1. The van der Waals surface area contributed by atoms with Crippen molar-refractivity contribution in [2.24, 2.45) is 0 Å². The van der Waals surface area contributed by atoms with E-state index in [0.717, 1.165) is 0 Å². The normalized spacial score (nSPS) is 7.50. The number of carboxylic acids is 1. The molecule has 54 valence electrons. The zero-order valence-electron chi connectivity index (χ0n) is 4.92. The van der Waals surface area contributed by atoms with Gasteiger partial charge in [-0.3, -0.25) is 4.79 Å². The lowest BCUT2D eigenvalue weighted by molar-refractivity contribution is -0.135. The van der Waals surface area contributed by atoms with Crippen molar-refractivity contribution < 1.29 is 14.7 Å². The smallest absolute Gasteiger partial charge is 0.328 e. The average molecular weight is 143 g/mol. The second-order valence-electron chi connectivity index (χ2n) is 1.31. The van der Waals surface area contributed by atoms with E-state index >= 15 is 0 Å². The fraction of sp³-hybridized carbons (Fsp3) is 0.250. The molecule has 3 N–H and O–H groups in total. The fourth-order valence-electron chi connectivity index (χ4n) is 0.251. The summed E-state index contributed by atoms with van der Waals surface area (Å²) in [7, 11) is 0. The Balaban J connectivity index is 3.42. The monoisotopic (exact) mass is 143 g/mol. The quantitative estimate of drug-likeness (QED) is 0.335. The lowest BCUT2D eigenvalue weighted by Gasteiger charge is -1.95. The molecule has 0 bridgehead atoms. The zero-order valence-corrected chi connectivity index (χ0v) is 4.92. The molecule has 2 amide bonds. The highest BCUT2D eigenvalue weighted by Crippen LogP contribution is 1.62. The largest absolute Gasteiger partial charge is 0.480 e. The SMILES string of the molecule is N#CNC(=O)NCC(=O)O. The summed E-state index contributed by atoms with van der Waals surface area (Å²) in [5, 5.41) is 19.4. The molecule has 0 unspecified atom stereocenters. The summed E-state index contributed by atoms with van der Waals surface area (Å²) in [6.45, 7) is -0.493. The van der Waals surface area contributed by atoms with Gasteiger partial charge in [-0.2, -0.15) is 5.26 Å². The predicted octanol–water partition coefficient (Wildman–Crippen LogP) is -1.15. The lowest BCUT2D eigenvalue weighted by Crippen LogP contribution is -2.35. The Bertz CT molecular complexity index is 183. The standard InChI is InChI=1S/C4H5N3O3/c5-2-7-4(10)6-1-3(8)9/h1H2,(H,8,9)(H2,6,7,10). The average Bonchev–Trinajstić information content (AvgIpc) is 1.85. The summed E-state index contributed by atoms with van der Waals surface area (Å²) in [6.07, 6.45) is 1.34. The summed E-state index contributed by atoms with van der Waals surface area (Å²) >= 11 is 0. The van der Waals surface area contributed by atoms with E-state index in [9.17, 15) is 9.59 Å². The number of carboxylic acid groups (broad SMARTS) is 1. The van der Waals surface area contributed by atoms with Gasteiger partial charge in [0.1, 0.15) is 6.54 Å². The molecule has 0 spiro atoms. The van der Waals surface area contributed by atoms with E-state index in [2.05, 4.69) is 0 Å². The summed E-state index contributed by atoms with van der Waals surface area (Å²) in [5.74, 6) is -1.16. The number of rotatable bonds is 2. The van der Waals surface area contributed by atoms with Crippen molar-refractivity contribution >= 4 is 12.0 Å². The number of hydrogen-bond donors (Lipinski definition) is 3. The molecule has 0 radical (unpaired) electrons. The Kier molecular flexibility index (Phi) is 3.41. The molecular weight excluding hydrogens is 138 g/mol. The minimum atomic E-state index is -1.16. The van der Waals surface area contributed by atoms with Gasteiger partial charge in [0, 0.05) is 0 Å². The molecule has 0 aromatic rings.